The summed E-state index contributed by atoms with van der Waals surface area (Å²) in [5.41, 5.74) is 3.22. The summed E-state index contributed by atoms with van der Waals surface area (Å²) in [4.78, 5) is 36.0. The maximum atomic E-state index is 12.3. The van der Waals surface area contributed by atoms with Crippen molar-refractivity contribution >= 4 is 23.3 Å². The molecule has 6 nitrogen and oxygen atoms in total. The first-order chi connectivity index (χ1) is 11.7. The lowest BCUT2D eigenvalue weighted by atomic mass is 10.1. The lowest BCUT2D eigenvalue weighted by Crippen LogP contribution is -2.31. The Balaban J connectivity index is 2.08. The van der Waals surface area contributed by atoms with Gasteiger partial charge in [-0.05, 0) is 44.9 Å². The molecule has 0 saturated heterocycles. The number of aromatic nitrogens is 1. The van der Waals surface area contributed by atoms with Crippen LogP contribution in [0.2, 0.25) is 0 Å². The molecule has 2 aromatic rings. The summed E-state index contributed by atoms with van der Waals surface area (Å²) in [7, 11) is 1.64. The molecule has 1 atom stereocenters. The summed E-state index contributed by atoms with van der Waals surface area (Å²) in [6.45, 7) is 6.72. The molecule has 6 heteroatoms. The third-order valence-electron chi connectivity index (χ3n) is 4.00. The van der Waals surface area contributed by atoms with Crippen molar-refractivity contribution < 1.29 is 19.1 Å². The summed E-state index contributed by atoms with van der Waals surface area (Å²) in [5, 5.41) is 2.80. The van der Waals surface area contributed by atoms with Crippen molar-refractivity contribution in [3.63, 3.8) is 0 Å². The molecule has 1 aromatic carbocycles. The molecule has 0 aliphatic rings. The van der Waals surface area contributed by atoms with Gasteiger partial charge in [0.25, 0.3) is 5.91 Å². The largest absolute Gasteiger partial charge is 0.448 e. The number of benzene rings is 1. The molecule has 1 aromatic heterocycles. The smallest absolute Gasteiger partial charge is 0.355 e. The van der Waals surface area contributed by atoms with Crippen molar-refractivity contribution in [1.29, 1.82) is 0 Å². The first kappa shape index (κ1) is 18.4. The molecule has 1 amide bonds. The van der Waals surface area contributed by atoms with Crippen molar-refractivity contribution in [2.45, 2.75) is 33.8 Å². The van der Waals surface area contributed by atoms with E-state index in [1.165, 1.54) is 24.5 Å². The quantitative estimate of drug-likeness (QED) is 0.669. The number of para-hydroxylation sites is 1. The predicted octanol–water partition coefficient (Wildman–Crippen LogP) is 3.03. The molecule has 25 heavy (non-hydrogen) atoms. The topological polar surface area (TPSA) is 77.4 Å². The van der Waals surface area contributed by atoms with E-state index in [2.05, 4.69) is 5.32 Å². The van der Waals surface area contributed by atoms with Crippen LogP contribution >= 0.6 is 0 Å². The Morgan fingerprint density at radius 1 is 1.16 bits per heavy atom. The minimum absolute atomic E-state index is 0.143. The summed E-state index contributed by atoms with van der Waals surface area (Å²) in [5.74, 6) is -1.21. The van der Waals surface area contributed by atoms with Gasteiger partial charge in [-0.25, -0.2) is 4.79 Å². The summed E-state index contributed by atoms with van der Waals surface area (Å²) >= 11 is 0. The number of hydrogen-bond acceptors (Lipinski definition) is 4. The van der Waals surface area contributed by atoms with E-state index in [1.54, 1.807) is 13.2 Å². The Labute approximate surface area is 146 Å². The Kier molecular flexibility index (Phi) is 5.41. The highest BCUT2D eigenvalue weighted by Gasteiger charge is 2.22. The Morgan fingerprint density at radius 3 is 2.28 bits per heavy atom. The molecule has 1 N–H and O–H groups in total. The number of amides is 1. The molecule has 0 aliphatic heterocycles. The molecule has 0 fully saturated rings. The average molecular weight is 342 g/mol. The predicted molar refractivity (Wildman–Crippen MR) is 94.8 cm³/mol. The second-order valence-corrected chi connectivity index (χ2v) is 6.08. The van der Waals surface area contributed by atoms with Gasteiger partial charge < -0.3 is 14.6 Å². The Hall–Kier alpha value is -2.89. The number of esters is 1. The van der Waals surface area contributed by atoms with Gasteiger partial charge in [-0.1, -0.05) is 18.2 Å². The highest BCUT2D eigenvalue weighted by molar-refractivity contribution is 6.00. The van der Waals surface area contributed by atoms with Gasteiger partial charge >= 0.3 is 5.97 Å². The second-order valence-electron chi connectivity index (χ2n) is 6.08. The van der Waals surface area contributed by atoms with Gasteiger partial charge in [-0.3, -0.25) is 9.59 Å². The molecule has 0 unspecified atom stereocenters. The summed E-state index contributed by atoms with van der Waals surface area (Å²) in [6, 6.07) is 7.16. The number of aryl methyl sites for hydroxylation is 3. The van der Waals surface area contributed by atoms with Gasteiger partial charge in [0.2, 0.25) is 0 Å². The average Bonchev–Trinajstić information content (AvgIpc) is 2.93. The van der Waals surface area contributed by atoms with Crippen LogP contribution < -0.4 is 5.32 Å². The van der Waals surface area contributed by atoms with Crippen molar-refractivity contribution in [1.82, 2.24) is 4.57 Å². The molecule has 132 valence electrons. The first-order valence-corrected chi connectivity index (χ1v) is 7.96. The van der Waals surface area contributed by atoms with Gasteiger partial charge in [0, 0.05) is 24.5 Å². The molecule has 1 heterocycles. The number of carbonyl (C=O) groups excluding carboxylic acids is 3. The number of Topliss-reactive ketones (excluding diaryl/α,β-unsaturated/α-hetero) is 1. The minimum Gasteiger partial charge on any atom is -0.448 e. The maximum Gasteiger partial charge on any atom is 0.355 e. The zero-order chi connectivity index (χ0) is 18.7. The van der Waals surface area contributed by atoms with E-state index in [1.807, 2.05) is 32.0 Å². The molecular weight excluding hydrogens is 320 g/mol. The van der Waals surface area contributed by atoms with Crippen molar-refractivity contribution in [3.8, 4) is 0 Å². The van der Waals surface area contributed by atoms with Crippen LogP contribution in [0.3, 0.4) is 0 Å². The fourth-order valence-electron chi connectivity index (χ4n) is 2.47. The lowest BCUT2D eigenvalue weighted by Gasteiger charge is -2.16. The maximum absolute atomic E-state index is 12.3. The SMILES string of the molecule is CC(=O)c1cc(C(=O)O[C@H](C)C(=O)Nc2c(C)cccc2C)n(C)c1. The highest BCUT2D eigenvalue weighted by Crippen LogP contribution is 2.20. The van der Waals surface area contributed by atoms with Crippen molar-refractivity contribution in [3.05, 3.63) is 52.8 Å². The number of nitrogens with one attached hydrogen (secondary N) is 1. The van der Waals surface area contributed by atoms with E-state index < -0.39 is 18.0 Å². The second kappa shape index (κ2) is 7.34. The van der Waals surface area contributed by atoms with Crippen LogP contribution in [0.5, 0.6) is 0 Å². The monoisotopic (exact) mass is 342 g/mol. The van der Waals surface area contributed by atoms with Crippen LogP contribution in [-0.4, -0.2) is 28.3 Å². The number of hydrogen-bond donors (Lipinski definition) is 1. The van der Waals surface area contributed by atoms with Crippen molar-refractivity contribution in [2.75, 3.05) is 5.32 Å². The fraction of sp³-hybridized carbons (Fsp3) is 0.316. The number of nitrogens with zero attached hydrogens (tertiary/aromatic N) is 1. The molecule has 0 aliphatic carbocycles. The number of anilines is 1. The lowest BCUT2D eigenvalue weighted by molar-refractivity contribution is -0.123. The Bertz CT molecular complexity index is 816. The number of rotatable bonds is 5. The van der Waals surface area contributed by atoms with Crippen LogP contribution in [0.25, 0.3) is 0 Å². The van der Waals surface area contributed by atoms with Crippen LogP contribution in [-0.2, 0) is 16.6 Å². The van der Waals surface area contributed by atoms with E-state index in [0.717, 1.165) is 11.1 Å². The summed E-state index contributed by atoms with van der Waals surface area (Å²) in [6.07, 6.45) is 0.586. The Morgan fingerprint density at radius 2 is 1.76 bits per heavy atom. The number of carbonyl (C=O) groups is 3. The zero-order valence-corrected chi connectivity index (χ0v) is 15.0. The zero-order valence-electron chi connectivity index (χ0n) is 15.0. The van der Waals surface area contributed by atoms with E-state index in [9.17, 15) is 14.4 Å². The van der Waals surface area contributed by atoms with Crippen molar-refractivity contribution in [2.24, 2.45) is 7.05 Å². The first-order valence-electron chi connectivity index (χ1n) is 7.96. The fourth-order valence-corrected chi connectivity index (χ4v) is 2.47. The molecule has 0 radical (unpaired) electrons. The highest BCUT2D eigenvalue weighted by atomic mass is 16.5. The van der Waals surface area contributed by atoms with E-state index in [4.69, 9.17) is 4.74 Å². The molecule has 0 bridgehead atoms. The minimum atomic E-state index is -0.970. The van der Waals surface area contributed by atoms with Crippen LogP contribution in [0.1, 0.15) is 45.8 Å². The van der Waals surface area contributed by atoms with E-state index in [-0.39, 0.29) is 11.5 Å². The van der Waals surface area contributed by atoms with E-state index >= 15 is 0 Å². The van der Waals surface area contributed by atoms with Gasteiger partial charge in [-0.2, -0.15) is 0 Å². The van der Waals surface area contributed by atoms with Crippen LogP contribution in [0, 0.1) is 13.8 Å². The molecule has 0 saturated carbocycles. The van der Waals surface area contributed by atoms with Crippen LogP contribution in [0.15, 0.2) is 30.5 Å². The van der Waals surface area contributed by atoms with Gasteiger partial charge in [0.15, 0.2) is 11.9 Å². The van der Waals surface area contributed by atoms with Gasteiger partial charge in [-0.15, -0.1) is 0 Å². The van der Waals surface area contributed by atoms with Gasteiger partial charge in [0.1, 0.15) is 5.69 Å². The summed E-state index contributed by atoms with van der Waals surface area (Å²) < 4.78 is 6.75. The third kappa shape index (κ3) is 4.15. The number of ether oxygens (including phenoxy) is 1. The standard InChI is InChI=1S/C19H22N2O4/c1-11-7-6-8-12(2)17(11)20-18(23)14(4)25-19(24)16-9-15(13(3)22)10-21(16)5/h6-10,14H,1-5H3,(H,20,23)/t14-/m1/s1. The molecular formula is C19H22N2O4. The molecule has 0 spiro atoms. The molecule has 2 rings (SSSR count). The van der Waals surface area contributed by atoms with E-state index in [0.29, 0.717) is 11.3 Å². The number of ketones is 1. The van der Waals surface area contributed by atoms with Gasteiger partial charge in [0.05, 0.1) is 0 Å². The third-order valence-corrected chi connectivity index (χ3v) is 4.00. The normalized spacial score (nSPS) is 11.7. The van der Waals surface area contributed by atoms with Crippen LogP contribution in [0.4, 0.5) is 5.69 Å².